The second kappa shape index (κ2) is 10.4. The van der Waals surface area contributed by atoms with Crippen molar-refractivity contribution in [2.24, 2.45) is 5.10 Å². The number of methoxy groups -OCH3 is 1. The second-order valence-electron chi connectivity index (χ2n) is 5.96. The van der Waals surface area contributed by atoms with Crippen LogP contribution in [0.25, 0.3) is 11.3 Å². The highest BCUT2D eigenvalue weighted by molar-refractivity contribution is 7.99. The summed E-state index contributed by atoms with van der Waals surface area (Å²) >= 11 is 13.6. The van der Waals surface area contributed by atoms with Crippen molar-refractivity contribution in [1.82, 2.24) is 5.43 Å². The van der Waals surface area contributed by atoms with Crippen molar-refractivity contribution in [1.29, 1.82) is 0 Å². The maximum absolute atomic E-state index is 11.9. The van der Waals surface area contributed by atoms with Crippen LogP contribution in [0.15, 0.2) is 64.1 Å². The molecule has 0 aliphatic heterocycles. The molecule has 29 heavy (non-hydrogen) atoms. The normalized spacial score (nSPS) is 11.0. The molecule has 0 aliphatic carbocycles. The summed E-state index contributed by atoms with van der Waals surface area (Å²) < 4.78 is 10.8. The van der Waals surface area contributed by atoms with Gasteiger partial charge in [-0.25, -0.2) is 5.43 Å². The molecule has 1 amide bonds. The van der Waals surface area contributed by atoms with Crippen molar-refractivity contribution in [3.05, 3.63) is 76.0 Å². The number of nitrogens with one attached hydrogen (secondary N) is 1. The average molecular weight is 449 g/mol. The summed E-state index contributed by atoms with van der Waals surface area (Å²) in [5.41, 5.74) is 4.34. The quantitative estimate of drug-likeness (QED) is 0.357. The first-order chi connectivity index (χ1) is 14.0. The van der Waals surface area contributed by atoms with Gasteiger partial charge in [-0.05, 0) is 48.0 Å². The summed E-state index contributed by atoms with van der Waals surface area (Å²) in [5.74, 6) is 2.74. The number of carbonyl (C=O) groups is 1. The lowest BCUT2D eigenvalue weighted by molar-refractivity contribution is -0.118. The fourth-order valence-corrected chi connectivity index (χ4v) is 3.72. The van der Waals surface area contributed by atoms with Crippen LogP contribution < -0.4 is 10.2 Å². The Balaban J connectivity index is 1.45. The predicted octanol–water partition coefficient (Wildman–Crippen LogP) is 5.65. The number of hydrazone groups is 1. The van der Waals surface area contributed by atoms with Crippen LogP contribution in [0.4, 0.5) is 0 Å². The lowest BCUT2D eigenvalue weighted by atomic mass is 10.2. The molecule has 0 atom stereocenters. The van der Waals surface area contributed by atoms with Gasteiger partial charge in [-0.2, -0.15) is 5.10 Å². The van der Waals surface area contributed by atoms with Gasteiger partial charge in [0.2, 0.25) is 5.91 Å². The van der Waals surface area contributed by atoms with Gasteiger partial charge in [0.05, 0.1) is 24.1 Å². The average Bonchev–Trinajstić information content (AvgIpc) is 3.17. The summed E-state index contributed by atoms with van der Waals surface area (Å²) in [7, 11) is 1.63. The molecule has 0 spiro atoms. The Morgan fingerprint density at radius 1 is 1.17 bits per heavy atom. The molecule has 0 radical (unpaired) electrons. The zero-order valence-electron chi connectivity index (χ0n) is 15.5. The molecule has 0 saturated carbocycles. The molecule has 3 aromatic rings. The van der Waals surface area contributed by atoms with Crippen LogP contribution in [0.1, 0.15) is 11.3 Å². The van der Waals surface area contributed by atoms with Gasteiger partial charge in [-0.3, -0.25) is 4.79 Å². The number of halogens is 2. The molecular weight excluding hydrogens is 431 g/mol. The van der Waals surface area contributed by atoms with Crippen molar-refractivity contribution in [2.45, 2.75) is 5.75 Å². The third-order valence-corrected chi connectivity index (χ3v) is 5.42. The molecule has 1 N–H and O–H groups in total. The van der Waals surface area contributed by atoms with E-state index >= 15 is 0 Å². The Morgan fingerprint density at radius 2 is 1.97 bits per heavy atom. The monoisotopic (exact) mass is 448 g/mol. The molecule has 3 rings (SSSR count). The Labute approximate surface area is 183 Å². The van der Waals surface area contributed by atoms with Gasteiger partial charge in [0.25, 0.3) is 0 Å². The van der Waals surface area contributed by atoms with Crippen LogP contribution in [-0.4, -0.2) is 25.0 Å². The van der Waals surface area contributed by atoms with E-state index in [1.807, 2.05) is 24.3 Å². The summed E-state index contributed by atoms with van der Waals surface area (Å²) in [4.78, 5) is 11.9. The molecule has 5 nitrogen and oxygen atoms in total. The lowest BCUT2D eigenvalue weighted by Crippen LogP contribution is -2.19. The number of amides is 1. The second-order valence-corrected chi connectivity index (χ2v) is 7.79. The third-order valence-electron chi connectivity index (χ3n) is 3.87. The number of rotatable bonds is 8. The molecule has 8 heteroatoms. The Morgan fingerprint density at radius 3 is 2.69 bits per heavy atom. The van der Waals surface area contributed by atoms with Crippen molar-refractivity contribution >= 4 is 47.1 Å². The summed E-state index contributed by atoms with van der Waals surface area (Å²) in [5, 5.41) is 4.98. The van der Waals surface area contributed by atoms with Crippen LogP contribution in [0.5, 0.6) is 5.75 Å². The minimum Gasteiger partial charge on any atom is -0.497 e. The molecule has 0 fully saturated rings. The zero-order valence-corrected chi connectivity index (χ0v) is 17.9. The molecule has 1 aromatic heterocycles. The highest BCUT2D eigenvalue weighted by Crippen LogP contribution is 2.31. The van der Waals surface area contributed by atoms with Crippen LogP contribution in [0.2, 0.25) is 10.0 Å². The predicted molar refractivity (Wildman–Crippen MR) is 119 cm³/mol. The summed E-state index contributed by atoms with van der Waals surface area (Å²) in [6.07, 6.45) is 1.44. The van der Waals surface area contributed by atoms with Crippen LogP contribution in [0, 0.1) is 0 Å². The minimum absolute atomic E-state index is 0.188. The van der Waals surface area contributed by atoms with Gasteiger partial charge >= 0.3 is 0 Å². The van der Waals surface area contributed by atoms with Crippen molar-refractivity contribution in [3.63, 3.8) is 0 Å². The van der Waals surface area contributed by atoms with E-state index in [1.165, 1.54) is 18.0 Å². The van der Waals surface area contributed by atoms with Gasteiger partial charge in [0.15, 0.2) is 0 Å². The van der Waals surface area contributed by atoms with E-state index in [2.05, 4.69) is 10.5 Å². The molecule has 0 aliphatic rings. The van der Waals surface area contributed by atoms with Crippen molar-refractivity contribution in [2.75, 3.05) is 12.9 Å². The summed E-state index contributed by atoms with van der Waals surface area (Å²) in [6.45, 7) is 0. The van der Waals surface area contributed by atoms with Gasteiger partial charge in [-0.15, -0.1) is 11.8 Å². The van der Waals surface area contributed by atoms with E-state index in [-0.39, 0.29) is 5.91 Å². The number of nitrogens with zero attached hydrogens (tertiary/aromatic N) is 1. The SMILES string of the molecule is COc1ccc(CSCC(=O)N/N=C\c2ccc(-c3ccc(Cl)cc3Cl)o2)cc1. The van der Waals surface area contributed by atoms with E-state index < -0.39 is 0 Å². The van der Waals surface area contributed by atoms with E-state index in [1.54, 1.807) is 37.4 Å². The maximum Gasteiger partial charge on any atom is 0.250 e. The van der Waals surface area contributed by atoms with Gasteiger partial charge in [0, 0.05) is 16.3 Å². The third kappa shape index (κ3) is 6.29. The maximum atomic E-state index is 11.9. The highest BCUT2D eigenvalue weighted by atomic mass is 35.5. The Kier molecular flexibility index (Phi) is 7.63. The van der Waals surface area contributed by atoms with Crippen molar-refractivity contribution < 1.29 is 13.9 Å². The fraction of sp³-hybridized carbons (Fsp3) is 0.143. The number of thioether (sulfide) groups is 1. The van der Waals surface area contributed by atoms with Crippen LogP contribution in [0.3, 0.4) is 0 Å². The van der Waals surface area contributed by atoms with E-state index in [0.29, 0.717) is 27.3 Å². The molecular formula is C21H18Cl2N2O3S. The van der Waals surface area contributed by atoms with E-state index in [9.17, 15) is 4.79 Å². The molecule has 0 unspecified atom stereocenters. The largest absolute Gasteiger partial charge is 0.497 e. The first-order valence-corrected chi connectivity index (χ1v) is 10.5. The molecule has 1 heterocycles. The number of carbonyl (C=O) groups excluding carboxylic acids is 1. The zero-order chi connectivity index (χ0) is 20.6. The topological polar surface area (TPSA) is 63.8 Å². The number of benzene rings is 2. The van der Waals surface area contributed by atoms with Gasteiger partial charge in [0.1, 0.15) is 17.3 Å². The number of hydrogen-bond donors (Lipinski definition) is 1. The van der Waals surface area contributed by atoms with Gasteiger partial charge in [-0.1, -0.05) is 35.3 Å². The van der Waals surface area contributed by atoms with E-state index in [0.717, 1.165) is 22.6 Å². The minimum atomic E-state index is -0.188. The fourth-order valence-electron chi connectivity index (χ4n) is 2.44. The summed E-state index contributed by atoms with van der Waals surface area (Å²) in [6, 6.07) is 16.4. The van der Waals surface area contributed by atoms with Gasteiger partial charge < -0.3 is 9.15 Å². The molecule has 150 valence electrons. The Bertz CT molecular complexity index is 1000. The van der Waals surface area contributed by atoms with E-state index in [4.69, 9.17) is 32.4 Å². The number of ether oxygens (including phenoxy) is 1. The van der Waals surface area contributed by atoms with Crippen LogP contribution >= 0.6 is 35.0 Å². The molecule has 0 saturated heterocycles. The molecule has 2 aromatic carbocycles. The first kappa shape index (κ1) is 21.3. The lowest BCUT2D eigenvalue weighted by Gasteiger charge is -2.03. The smallest absolute Gasteiger partial charge is 0.250 e. The van der Waals surface area contributed by atoms with Crippen molar-refractivity contribution in [3.8, 4) is 17.1 Å². The Hall–Kier alpha value is -2.41. The first-order valence-electron chi connectivity index (χ1n) is 8.63. The highest BCUT2D eigenvalue weighted by Gasteiger charge is 2.08. The molecule has 0 bridgehead atoms. The van der Waals surface area contributed by atoms with Crippen LogP contribution in [-0.2, 0) is 10.5 Å². The number of hydrogen-bond acceptors (Lipinski definition) is 5. The standard InChI is InChI=1S/C21H18Cl2N2O3S/c1-27-16-5-2-14(3-6-16)12-29-13-21(26)25-24-11-17-7-9-20(28-17)18-8-4-15(22)10-19(18)23/h2-11H,12-13H2,1H3,(H,25,26)/b24-11-. The number of furan rings is 1.